The second kappa shape index (κ2) is 4.70. The van der Waals surface area contributed by atoms with E-state index in [-0.39, 0.29) is 17.0 Å². The first-order chi connectivity index (χ1) is 9.78. The van der Waals surface area contributed by atoms with E-state index in [1.54, 1.807) is 12.1 Å². The fourth-order valence-electron chi connectivity index (χ4n) is 3.15. The van der Waals surface area contributed by atoms with Crippen LogP contribution in [0, 0.1) is 18.2 Å². The Kier molecular flexibility index (Phi) is 3.21. The molecular formula is C17H17ClFNO. The minimum absolute atomic E-state index is 0.102. The van der Waals surface area contributed by atoms with Crippen LogP contribution in [0.15, 0.2) is 24.3 Å². The van der Waals surface area contributed by atoms with Crippen molar-refractivity contribution in [1.29, 1.82) is 0 Å². The third-order valence-corrected chi connectivity index (χ3v) is 4.26. The lowest BCUT2D eigenvalue weighted by atomic mass is 9.76. The lowest BCUT2D eigenvalue weighted by Gasteiger charge is -2.30. The highest BCUT2D eigenvalue weighted by atomic mass is 35.5. The number of Topliss-reactive ketones (excluding diaryl/α,β-unsaturated/α-hetero) is 1. The molecule has 21 heavy (non-hydrogen) atoms. The maximum absolute atomic E-state index is 14.3. The van der Waals surface area contributed by atoms with Crippen LogP contribution in [0.4, 0.5) is 4.39 Å². The molecule has 2 nitrogen and oxygen atoms in total. The number of hydrogen-bond acceptors (Lipinski definition) is 1. The van der Waals surface area contributed by atoms with Gasteiger partial charge < -0.3 is 4.57 Å². The molecule has 1 aliphatic carbocycles. The summed E-state index contributed by atoms with van der Waals surface area (Å²) in [6.07, 6.45) is 1.29. The lowest BCUT2D eigenvalue weighted by molar-refractivity contribution is 0.0911. The molecule has 0 bridgehead atoms. The second-order valence-corrected chi connectivity index (χ2v) is 6.95. The van der Waals surface area contributed by atoms with Crippen molar-refractivity contribution in [3.63, 3.8) is 0 Å². The Balaban J connectivity index is 2.23. The molecule has 0 amide bonds. The highest BCUT2D eigenvalue weighted by Gasteiger charge is 2.34. The van der Waals surface area contributed by atoms with E-state index in [2.05, 4.69) is 13.8 Å². The molecule has 0 saturated carbocycles. The Morgan fingerprint density at radius 3 is 2.62 bits per heavy atom. The van der Waals surface area contributed by atoms with Gasteiger partial charge in [0.25, 0.3) is 0 Å². The molecule has 0 N–H and O–H groups in total. The predicted molar refractivity (Wildman–Crippen MR) is 81.9 cm³/mol. The molecule has 1 aliphatic rings. The van der Waals surface area contributed by atoms with Crippen LogP contribution in [-0.4, -0.2) is 10.4 Å². The molecule has 0 unspecified atom stereocenters. The Hall–Kier alpha value is -1.61. The van der Waals surface area contributed by atoms with Gasteiger partial charge in [-0.2, -0.15) is 0 Å². The van der Waals surface area contributed by atoms with Crippen molar-refractivity contribution in [2.75, 3.05) is 0 Å². The van der Waals surface area contributed by atoms with Crippen molar-refractivity contribution in [3.05, 3.63) is 52.1 Å². The molecular weight excluding hydrogens is 289 g/mol. The number of aromatic nitrogens is 1. The monoisotopic (exact) mass is 305 g/mol. The lowest BCUT2D eigenvalue weighted by Crippen LogP contribution is -2.28. The van der Waals surface area contributed by atoms with Crippen LogP contribution >= 0.6 is 11.6 Å². The zero-order valence-electron chi connectivity index (χ0n) is 12.3. The van der Waals surface area contributed by atoms with Gasteiger partial charge in [-0.1, -0.05) is 25.4 Å². The fraction of sp³-hybridized carbons (Fsp3) is 0.353. The van der Waals surface area contributed by atoms with Crippen LogP contribution in [0.25, 0.3) is 5.69 Å². The molecule has 0 atom stereocenters. The average Bonchev–Trinajstić information content (AvgIpc) is 2.65. The van der Waals surface area contributed by atoms with E-state index >= 15 is 0 Å². The number of halogens is 2. The van der Waals surface area contributed by atoms with Gasteiger partial charge in [-0.15, -0.1) is 0 Å². The number of carbonyl (C=O) groups excluding carboxylic acids is 1. The molecule has 1 aromatic carbocycles. The molecule has 0 fully saturated rings. The van der Waals surface area contributed by atoms with Gasteiger partial charge in [0.2, 0.25) is 0 Å². The Morgan fingerprint density at radius 1 is 1.24 bits per heavy atom. The molecule has 0 radical (unpaired) electrons. The summed E-state index contributed by atoms with van der Waals surface area (Å²) < 4.78 is 16.1. The number of hydrogen-bond donors (Lipinski definition) is 0. The molecule has 1 heterocycles. The fourth-order valence-corrected chi connectivity index (χ4v) is 3.31. The normalized spacial score (nSPS) is 16.9. The predicted octanol–water partition coefficient (Wildman–Crippen LogP) is 4.73. The molecule has 0 aliphatic heterocycles. The number of ketones is 1. The number of benzene rings is 1. The molecule has 2 aromatic rings. The van der Waals surface area contributed by atoms with Gasteiger partial charge in [0.15, 0.2) is 5.78 Å². The first-order valence-corrected chi connectivity index (χ1v) is 7.36. The van der Waals surface area contributed by atoms with E-state index < -0.39 is 0 Å². The molecule has 4 heteroatoms. The Bertz CT molecular complexity index is 745. The second-order valence-electron chi connectivity index (χ2n) is 6.52. The van der Waals surface area contributed by atoms with Gasteiger partial charge in [0, 0.05) is 28.4 Å². The van der Waals surface area contributed by atoms with Crippen molar-refractivity contribution >= 4 is 17.4 Å². The number of fused-ring (bicyclic) bond motifs is 1. The molecule has 3 rings (SSSR count). The van der Waals surface area contributed by atoms with Crippen molar-refractivity contribution in [1.82, 2.24) is 4.57 Å². The summed E-state index contributed by atoms with van der Waals surface area (Å²) in [5, 5.41) is 0.367. The highest BCUT2D eigenvalue weighted by Crippen LogP contribution is 2.38. The summed E-state index contributed by atoms with van der Waals surface area (Å²) in [6, 6.07) is 6.50. The van der Waals surface area contributed by atoms with Crippen LogP contribution in [0.5, 0.6) is 0 Å². The molecule has 0 saturated heterocycles. The zero-order chi connectivity index (χ0) is 15.4. The van der Waals surface area contributed by atoms with E-state index in [4.69, 9.17) is 11.6 Å². The zero-order valence-corrected chi connectivity index (χ0v) is 13.1. The number of carbonyl (C=O) groups is 1. The van der Waals surface area contributed by atoms with E-state index in [0.717, 1.165) is 23.4 Å². The summed E-state index contributed by atoms with van der Waals surface area (Å²) in [6.45, 7) is 6.03. The van der Waals surface area contributed by atoms with E-state index in [1.165, 1.54) is 6.07 Å². The summed E-state index contributed by atoms with van der Waals surface area (Å²) in [4.78, 5) is 12.3. The summed E-state index contributed by atoms with van der Waals surface area (Å²) in [5.41, 5.74) is 2.84. The SMILES string of the molecule is Cc1cc2c(n1-c1ccc(Cl)cc1F)CC(C)(C)CC2=O. The van der Waals surface area contributed by atoms with Gasteiger partial charge in [0.1, 0.15) is 5.82 Å². The molecule has 1 aromatic heterocycles. The minimum atomic E-state index is -0.375. The topological polar surface area (TPSA) is 22.0 Å². The van der Waals surface area contributed by atoms with Crippen LogP contribution in [-0.2, 0) is 6.42 Å². The summed E-state index contributed by atoms with van der Waals surface area (Å²) in [7, 11) is 0. The van der Waals surface area contributed by atoms with Gasteiger partial charge >= 0.3 is 0 Å². The average molecular weight is 306 g/mol. The number of aryl methyl sites for hydroxylation is 1. The number of rotatable bonds is 1. The molecule has 0 spiro atoms. The molecule has 110 valence electrons. The maximum Gasteiger partial charge on any atom is 0.165 e. The minimum Gasteiger partial charge on any atom is -0.315 e. The van der Waals surface area contributed by atoms with Crippen molar-refractivity contribution < 1.29 is 9.18 Å². The standard InChI is InChI=1S/C17H17ClFNO/c1-10-6-12-15(8-17(2,3)9-16(12)21)20(10)14-5-4-11(18)7-13(14)19/h4-7H,8-9H2,1-3H3. The summed E-state index contributed by atoms with van der Waals surface area (Å²) >= 11 is 5.83. The van der Waals surface area contributed by atoms with E-state index in [9.17, 15) is 9.18 Å². The van der Waals surface area contributed by atoms with E-state index in [1.807, 2.05) is 17.6 Å². The maximum atomic E-state index is 14.3. The van der Waals surface area contributed by atoms with E-state index in [0.29, 0.717) is 17.1 Å². The quantitative estimate of drug-likeness (QED) is 0.746. The Labute approximate surface area is 128 Å². The van der Waals surface area contributed by atoms with Crippen LogP contribution in [0.3, 0.4) is 0 Å². The van der Waals surface area contributed by atoms with Crippen molar-refractivity contribution in [3.8, 4) is 5.69 Å². The smallest absolute Gasteiger partial charge is 0.165 e. The largest absolute Gasteiger partial charge is 0.315 e. The first kappa shape index (κ1) is 14.3. The van der Waals surface area contributed by atoms with Gasteiger partial charge in [-0.3, -0.25) is 4.79 Å². The highest BCUT2D eigenvalue weighted by molar-refractivity contribution is 6.30. The van der Waals surface area contributed by atoms with Crippen LogP contribution in [0.2, 0.25) is 5.02 Å². The number of nitrogens with zero attached hydrogens (tertiary/aromatic N) is 1. The van der Waals surface area contributed by atoms with Crippen molar-refractivity contribution in [2.24, 2.45) is 5.41 Å². The third-order valence-electron chi connectivity index (χ3n) is 4.02. The van der Waals surface area contributed by atoms with Crippen LogP contribution in [0.1, 0.15) is 42.0 Å². The van der Waals surface area contributed by atoms with Crippen LogP contribution < -0.4 is 0 Å². The summed E-state index contributed by atoms with van der Waals surface area (Å²) in [5.74, 6) is -0.239. The van der Waals surface area contributed by atoms with Crippen molar-refractivity contribution in [2.45, 2.75) is 33.6 Å². The van der Waals surface area contributed by atoms with Gasteiger partial charge in [0.05, 0.1) is 5.69 Å². The third kappa shape index (κ3) is 2.40. The van der Waals surface area contributed by atoms with Gasteiger partial charge in [-0.05, 0) is 43.0 Å². The first-order valence-electron chi connectivity index (χ1n) is 6.98. The van der Waals surface area contributed by atoms with Gasteiger partial charge in [-0.25, -0.2) is 4.39 Å². The Morgan fingerprint density at radius 2 is 1.95 bits per heavy atom.